The molecule has 8 atom stereocenters. The zero-order valence-electron chi connectivity index (χ0n) is 33.4. The van der Waals surface area contributed by atoms with Crippen molar-refractivity contribution in [2.45, 2.75) is 144 Å². The normalized spacial score (nSPS) is 20.4. The van der Waals surface area contributed by atoms with Gasteiger partial charge in [0.1, 0.15) is 30.3 Å². The van der Waals surface area contributed by atoms with Crippen LogP contribution in [0.15, 0.2) is 23.8 Å². The van der Waals surface area contributed by atoms with Crippen LogP contribution in [-0.4, -0.2) is 118 Å². The van der Waals surface area contributed by atoms with Gasteiger partial charge in [-0.2, -0.15) is 0 Å². The van der Waals surface area contributed by atoms with E-state index in [0.717, 1.165) is 29.7 Å². The average molecular weight is 730 g/mol. The van der Waals surface area contributed by atoms with Gasteiger partial charge < -0.3 is 24.8 Å². The number of hydrogen-bond donors (Lipinski definition) is 1. The van der Waals surface area contributed by atoms with E-state index >= 15 is 0 Å². The number of rotatable bonds is 17. The van der Waals surface area contributed by atoms with Crippen molar-refractivity contribution in [1.82, 2.24) is 24.9 Å². The molecular formula is C39H63N5O8. The lowest BCUT2D eigenvalue weighted by Crippen LogP contribution is -2.62. The Hall–Kier alpha value is -4.03. The molecule has 0 unspecified atom stereocenters. The third-order valence-corrected chi connectivity index (χ3v) is 10.0. The standard InChI is InChI=1S/C39H63N5O8/c1-13-14-16-25(6)22-26(7)36(48)41(11)31(21-23(2)3)35(47)40-33(28(9)52-29(10)45)38(50)42(12)34(24(4)5)39(51)43-20-15-17-30(43)37(49)44-27(8)18-19-32(44)46/h18-19,21,24-28,30-31,33-34H,13-17,20,22H2,1-12H3,(H,40,47)/t25-,26-,27+,28-,30+,31+,33+,34+/m1/s1. The molecule has 1 saturated heterocycles. The van der Waals surface area contributed by atoms with Crippen molar-refractivity contribution in [3.8, 4) is 0 Å². The molecule has 0 aromatic heterocycles. The van der Waals surface area contributed by atoms with Gasteiger partial charge in [0, 0.05) is 39.6 Å². The monoisotopic (exact) mass is 729 g/mol. The summed E-state index contributed by atoms with van der Waals surface area (Å²) in [5.41, 5.74) is 0.776. The molecule has 0 spiro atoms. The molecule has 0 radical (unpaired) electrons. The van der Waals surface area contributed by atoms with Crippen molar-refractivity contribution < 1.29 is 38.3 Å². The van der Waals surface area contributed by atoms with Crippen molar-refractivity contribution in [3.63, 3.8) is 0 Å². The molecule has 1 fully saturated rings. The number of imide groups is 1. The molecule has 0 bridgehead atoms. The summed E-state index contributed by atoms with van der Waals surface area (Å²) in [7, 11) is 3.00. The van der Waals surface area contributed by atoms with Gasteiger partial charge in [-0.05, 0) is 58.8 Å². The topological polar surface area (TPSA) is 154 Å². The quantitative estimate of drug-likeness (QED) is 0.135. The molecule has 0 aromatic rings. The van der Waals surface area contributed by atoms with Gasteiger partial charge in [-0.25, -0.2) is 0 Å². The molecule has 0 saturated carbocycles. The number of nitrogens with one attached hydrogen (secondary N) is 1. The molecule has 292 valence electrons. The number of ether oxygens (including phenoxy) is 1. The van der Waals surface area contributed by atoms with E-state index in [4.69, 9.17) is 4.74 Å². The molecule has 0 aliphatic carbocycles. The molecule has 0 aromatic carbocycles. The first-order valence-corrected chi connectivity index (χ1v) is 18.8. The molecule has 2 rings (SSSR count). The van der Waals surface area contributed by atoms with E-state index in [0.29, 0.717) is 25.2 Å². The molecular weight excluding hydrogens is 666 g/mol. The van der Waals surface area contributed by atoms with Crippen molar-refractivity contribution in [3.05, 3.63) is 23.8 Å². The SMILES string of the molecule is CCCC[C@@H](C)C[C@@H](C)C(=O)N(C)[C@@H](C=C(C)C)C(=O)N[C@H](C(=O)N(C)[C@H](C(=O)N1CCC[C@H]1C(=O)N1C(=O)C=C[C@@H]1C)C(C)C)[C@@H](C)OC(C)=O. The van der Waals surface area contributed by atoms with Crippen LogP contribution in [0, 0.1) is 17.8 Å². The summed E-state index contributed by atoms with van der Waals surface area (Å²) in [5, 5.41) is 2.75. The lowest BCUT2D eigenvalue weighted by Gasteiger charge is -2.38. The number of carbonyl (C=O) groups excluding carboxylic acids is 7. The van der Waals surface area contributed by atoms with Crippen molar-refractivity contribution in [2.24, 2.45) is 17.8 Å². The van der Waals surface area contributed by atoms with Crippen LogP contribution in [0.1, 0.15) is 108 Å². The Bertz CT molecular complexity index is 1390. The summed E-state index contributed by atoms with van der Waals surface area (Å²) in [6.45, 7) is 17.9. The fourth-order valence-electron chi connectivity index (χ4n) is 7.26. The fourth-order valence-corrected chi connectivity index (χ4v) is 7.26. The molecule has 52 heavy (non-hydrogen) atoms. The van der Waals surface area contributed by atoms with Crippen LogP contribution in [0.4, 0.5) is 0 Å². The minimum Gasteiger partial charge on any atom is -0.460 e. The van der Waals surface area contributed by atoms with Crippen LogP contribution in [0.25, 0.3) is 0 Å². The van der Waals surface area contributed by atoms with Gasteiger partial charge in [0.15, 0.2) is 0 Å². The largest absolute Gasteiger partial charge is 0.460 e. The lowest BCUT2D eigenvalue weighted by molar-refractivity contribution is -0.157. The first-order chi connectivity index (χ1) is 24.2. The van der Waals surface area contributed by atoms with Gasteiger partial charge in [-0.1, -0.05) is 71.6 Å². The van der Waals surface area contributed by atoms with Crippen LogP contribution in [0.2, 0.25) is 0 Å². The van der Waals surface area contributed by atoms with Gasteiger partial charge in [0.2, 0.25) is 23.6 Å². The highest BCUT2D eigenvalue weighted by Gasteiger charge is 2.45. The van der Waals surface area contributed by atoms with E-state index in [1.165, 1.54) is 41.7 Å². The van der Waals surface area contributed by atoms with Gasteiger partial charge in [-0.3, -0.25) is 38.5 Å². The summed E-state index contributed by atoms with van der Waals surface area (Å²) in [6, 6.07) is -4.84. The van der Waals surface area contributed by atoms with E-state index < -0.39 is 77.7 Å². The predicted octanol–water partition coefficient (Wildman–Crippen LogP) is 3.86. The molecule has 2 heterocycles. The number of nitrogens with zero attached hydrogens (tertiary/aromatic N) is 4. The van der Waals surface area contributed by atoms with Crippen molar-refractivity contribution >= 4 is 41.4 Å². The number of unbranched alkanes of at least 4 members (excludes halogenated alkanes) is 1. The number of likely N-dealkylation sites (N-methyl/N-ethyl adjacent to an activating group) is 2. The minimum atomic E-state index is -1.41. The third-order valence-electron chi connectivity index (χ3n) is 10.0. The number of carbonyl (C=O) groups is 7. The number of esters is 1. The number of likely N-dealkylation sites (tertiary alicyclic amines) is 1. The smallest absolute Gasteiger partial charge is 0.302 e. The van der Waals surface area contributed by atoms with Gasteiger partial charge in [-0.15, -0.1) is 0 Å². The number of allylic oxidation sites excluding steroid dienone is 1. The minimum absolute atomic E-state index is 0.213. The van der Waals surface area contributed by atoms with E-state index in [2.05, 4.69) is 19.2 Å². The summed E-state index contributed by atoms with van der Waals surface area (Å²) < 4.78 is 5.41. The van der Waals surface area contributed by atoms with Crippen LogP contribution in [0.3, 0.4) is 0 Å². The van der Waals surface area contributed by atoms with Crippen LogP contribution >= 0.6 is 0 Å². The average Bonchev–Trinajstić information content (AvgIpc) is 3.69. The molecule has 13 nitrogen and oxygen atoms in total. The Morgan fingerprint density at radius 2 is 1.63 bits per heavy atom. The second-order valence-electron chi connectivity index (χ2n) is 15.3. The fraction of sp³-hybridized carbons (Fsp3) is 0.718. The zero-order valence-corrected chi connectivity index (χ0v) is 33.4. The van der Waals surface area contributed by atoms with Crippen LogP contribution in [0.5, 0.6) is 0 Å². The van der Waals surface area contributed by atoms with E-state index in [1.54, 1.807) is 53.8 Å². The van der Waals surface area contributed by atoms with E-state index in [1.807, 2.05) is 6.92 Å². The summed E-state index contributed by atoms with van der Waals surface area (Å²) >= 11 is 0. The Morgan fingerprint density at radius 3 is 2.15 bits per heavy atom. The summed E-state index contributed by atoms with van der Waals surface area (Å²) in [6.07, 6.45) is 8.22. The molecule has 2 aliphatic heterocycles. The van der Waals surface area contributed by atoms with Gasteiger partial charge >= 0.3 is 5.97 Å². The summed E-state index contributed by atoms with van der Waals surface area (Å²) in [4.78, 5) is 99.6. The van der Waals surface area contributed by atoms with Gasteiger partial charge in [0.05, 0.1) is 6.04 Å². The number of amides is 6. The van der Waals surface area contributed by atoms with Crippen LogP contribution in [-0.2, 0) is 38.3 Å². The van der Waals surface area contributed by atoms with E-state index in [9.17, 15) is 33.6 Å². The van der Waals surface area contributed by atoms with Crippen molar-refractivity contribution in [2.75, 3.05) is 20.6 Å². The Kier molecular flexibility index (Phi) is 16.7. The highest BCUT2D eigenvalue weighted by Crippen LogP contribution is 2.27. The van der Waals surface area contributed by atoms with Crippen molar-refractivity contribution in [1.29, 1.82) is 0 Å². The lowest BCUT2D eigenvalue weighted by atomic mass is 9.92. The summed E-state index contributed by atoms with van der Waals surface area (Å²) in [5.74, 6) is -4.01. The maximum absolute atomic E-state index is 14.4. The Labute approximate surface area is 310 Å². The second-order valence-corrected chi connectivity index (χ2v) is 15.3. The number of hydrogen-bond acceptors (Lipinski definition) is 8. The highest BCUT2D eigenvalue weighted by atomic mass is 16.5. The Morgan fingerprint density at radius 1 is 1.00 bits per heavy atom. The first kappa shape index (κ1) is 44.1. The predicted molar refractivity (Wildman–Crippen MR) is 198 cm³/mol. The van der Waals surface area contributed by atoms with E-state index in [-0.39, 0.29) is 18.4 Å². The first-order valence-electron chi connectivity index (χ1n) is 18.8. The zero-order chi connectivity index (χ0) is 39.6. The second kappa shape index (κ2) is 19.7. The maximum Gasteiger partial charge on any atom is 0.302 e. The molecule has 13 heteroatoms. The molecule has 6 amide bonds. The molecule has 1 N–H and O–H groups in total. The van der Waals surface area contributed by atoms with Crippen LogP contribution < -0.4 is 5.32 Å². The third kappa shape index (κ3) is 11.2. The maximum atomic E-state index is 14.4. The Balaban J connectivity index is 2.40. The molecule has 2 aliphatic rings. The highest BCUT2D eigenvalue weighted by molar-refractivity contribution is 6.06. The van der Waals surface area contributed by atoms with Gasteiger partial charge in [0.25, 0.3) is 11.8 Å².